The number of urea groups is 1. The molecule has 4 aromatic rings. The van der Waals surface area contributed by atoms with Gasteiger partial charge in [0.2, 0.25) is 5.95 Å². The molecule has 2 N–H and O–H groups in total. The lowest BCUT2D eigenvalue weighted by Crippen LogP contribution is -2.42. The molecule has 0 saturated carbocycles. The highest BCUT2D eigenvalue weighted by Crippen LogP contribution is 2.36. The SMILES string of the molecule is COCCN1C[C@@H](NC(=O)Nc2c(C)c(-c3cnc4c(c3)OCCO4)nn2-c2ccccc2)[C@H](c2ccnc(F)c2)O1. The number of hydroxylamine groups is 2. The summed E-state index contributed by atoms with van der Waals surface area (Å²) < 4.78 is 32.1. The van der Waals surface area contributed by atoms with Crippen LogP contribution in [-0.4, -0.2) is 76.9 Å². The van der Waals surface area contributed by atoms with E-state index in [1.807, 2.05) is 43.3 Å². The second-order valence-corrected chi connectivity index (χ2v) is 9.82. The number of fused-ring (bicyclic) bond motifs is 1. The van der Waals surface area contributed by atoms with Gasteiger partial charge in [0.15, 0.2) is 5.75 Å². The summed E-state index contributed by atoms with van der Waals surface area (Å²) in [5.74, 6) is 0.825. The van der Waals surface area contributed by atoms with Crippen LogP contribution in [0, 0.1) is 12.9 Å². The highest BCUT2D eigenvalue weighted by Gasteiger charge is 2.37. The highest BCUT2D eigenvalue weighted by molar-refractivity contribution is 5.91. The van der Waals surface area contributed by atoms with Crippen molar-refractivity contribution in [2.45, 2.75) is 19.1 Å². The van der Waals surface area contributed by atoms with E-state index in [2.05, 4.69) is 20.6 Å². The molecule has 2 amide bonds. The molecule has 0 aliphatic carbocycles. The minimum Gasteiger partial charge on any atom is -0.484 e. The molecule has 0 unspecified atom stereocenters. The molecule has 6 rings (SSSR count). The van der Waals surface area contributed by atoms with Crippen molar-refractivity contribution in [3.8, 4) is 28.6 Å². The lowest BCUT2D eigenvalue weighted by molar-refractivity contribution is -0.154. The number of hydrogen-bond acceptors (Lipinski definition) is 9. The van der Waals surface area contributed by atoms with Gasteiger partial charge < -0.3 is 19.5 Å². The average Bonchev–Trinajstić information content (AvgIpc) is 3.56. The Kier molecular flexibility index (Phi) is 7.95. The largest absolute Gasteiger partial charge is 0.484 e. The Bertz CT molecular complexity index is 1570. The number of rotatable bonds is 8. The van der Waals surface area contributed by atoms with Gasteiger partial charge >= 0.3 is 6.03 Å². The normalized spacial score (nSPS) is 18.2. The molecule has 0 bridgehead atoms. The number of hydrogen-bond donors (Lipinski definition) is 2. The first kappa shape index (κ1) is 27.6. The van der Waals surface area contributed by atoms with E-state index in [1.165, 1.54) is 12.3 Å². The number of para-hydroxylation sites is 1. The molecular weight excluding hydrogens is 545 g/mol. The summed E-state index contributed by atoms with van der Waals surface area (Å²) >= 11 is 0. The summed E-state index contributed by atoms with van der Waals surface area (Å²) in [4.78, 5) is 27.6. The fourth-order valence-corrected chi connectivity index (χ4v) is 4.99. The molecule has 2 atom stereocenters. The first-order chi connectivity index (χ1) is 20.5. The van der Waals surface area contributed by atoms with Crippen LogP contribution >= 0.6 is 0 Å². The highest BCUT2D eigenvalue weighted by atomic mass is 19.1. The molecule has 1 aromatic carbocycles. The van der Waals surface area contributed by atoms with Crippen molar-refractivity contribution in [3.05, 3.63) is 78.0 Å². The second-order valence-electron chi connectivity index (χ2n) is 9.82. The molecule has 1 fully saturated rings. The standard InChI is InChI=1S/C29H30FN7O5/c1-18-25(20-14-23-28(32-16-20)41-13-12-40-23)35-37(21-6-4-3-5-7-21)27(18)34-29(38)33-22-17-36(10-11-39-2)42-26(22)19-8-9-31-24(30)15-19/h3-9,14-16,22,26H,10-13,17H2,1-2H3,(H2,33,34,38)/t22-,26+/m1/s1. The molecule has 42 heavy (non-hydrogen) atoms. The smallest absolute Gasteiger partial charge is 0.320 e. The van der Waals surface area contributed by atoms with Crippen LogP contribution in [-0.2, 0) is 9.57 Å². The van der Waals surface area contributed by atoms with Crippen LogP contribution in [0.5, 0.6) is 11.6 Å². The summed E-state index contributed by atoms with van der Waals surface area (Å²) in [5.41, 5.74) is 3.38. The van der Waals surface area contributed by atoms with Gasteiger partial charge in [-0.1, -0.05) is 18.2 Å². The van der Waals surface area contributed by atoms with Crippen LogP contribution in [0.4, 0.5) is 15.0 Å². The third kappa shape index (κ3) is 5.75. The lowest BCUT2D eigenvalue weighted by Gasteiger charge is -2.19. The molecule has 12 nitrogen and oxygen atoms in total. The number of anilines is 1. The third-order valence-electron chi connectivity index (χ3n) is 7.00. The maximum Gasteiger partial charge on any atom is 0.320 e. The van der Waals surface area contributed by atoms with E-state index in [-0.39, 0.29) is 0 Å². The van der Waals surface area contributed by atoms with Crippen molar-refractivity contribution in [1.82, 2.24) is 30.1 Å². The van der Waals surface area contributed by atoms with E-state index in [9.17, 15) is 9.18 Å². The van der Waals surface area contributed by atoms with Gasteiger partial charge in [-0.2, -0.15) is 14.6 Å². The van der Waals surface area contributed by atoms with Gasteiger partial charge in [0.05, 0.1) is 24.0 Å². The first-order valence-electron chi connectivity index (χ1n) is 13.5. The number of carbonyl (C=O) groups excluding carboxylic acids is 1. The number of aromatic nitrogens is 4. The average molecular weight is 576 g/mol. The zero-order valence-electron chi connectivity index (χ0n) is 23.1. The number of halogens is 1. The Hall–Kier alpha value is -4.59. The van der Waals surface area contributed by atoms with Crippen LogP contribution in [0.3, 0.4) is 0 Å². The van der Waals surface area contributed by atoms with Crippen molar-refractivity contribution < 1.29 is 28.2 Å². The van der Waals surface area contributed by atoms with Gasteiger partial charge in [-0.3, -0.25) is 10.2 Å². The van der Waals surface area contributed by atoms with E-state index >= 15 is 0 Å². The van der Waals surface area contributed by atoms with Gasteiger partial charge in [-0.25, -0.2) is 19.4 Å². The molecular formula is C29H30FN7O5. The Morgan fingerprint density at radius 2 is 1.98 bits per heavy atom. The minimum absolute atomic E-state index is 0.371. The van der Waals surface area contributed by atoms with Gasteiger partial charge in [0, 0.05) is 43.7 Å². The van der Waals surface area contributed by atoms with Crippen LogP contribution in [0.2, 0.25) is 0 Å². The van der Waals surface area contributed by atoms with Crippen molar-refractivity contribution in [2.24, 2.45) is 0 Å². The van der Waals surface area contributed by atoms with Crippen molar-refractivity contribution in [1.29, 1.82) is 0 Å². The van der Waals surface area contributed by atoms with E-state index in [1.54, 1.807) is 29.1 Å². The molecule has 3 aromatic heterocycles. The minimum atomic E-state index is -0.627. The molecule has 2 aliphatic heterocycles. The van der Waals surface area contributed by atoms with Crippen LogP contribution in [0.1, 0.15) is 17.2 Å². The van der Waals surface area contributed by atoms with E-state index < -0.39 is 24.1 Å². The summed E-state index contributed by atoms with van der Waals surface area (Å²) in [6.45, 7) is 4.04. The van der Waals surface area contributed by atoms with Crippen LogP contribution in [0.15, 0.2) is 60.9 Å². The number of nitrogens with zero attached hydrogens (tertiary/aromatic N) is 5. The fourth-order valence-electron chi connectivity index (χ4n) is 4.99. The van der Waals surface area contributed by atoms with E-state index in [4.69, 9.17) is 24.1 Å². The maximum atomic E-state index is 14.0. The number of ether oxygens (including phenoxy) is 3. The summed E-state index contributed by atoms with van der Waals surface area (Å²) in [6, 6.07) is 13.3. The molecule has 0 spiro atoms. The van der Waals surface area contributed by atoms with Gasteiger partial charge in [0.25, 0.3) is 5.88 Å². The summed E-state index contributed by atoms with van der Waals surface area (Å²) in [5, 5.41) is 12.5. The zero-order chi connectivity index (χ0) is 29.1. The number of carbonyl (C=O) groups is 1. The molecule has 1 saturated heterocycles. The third-order valence-corrected chi connectivity index (χ3v) is 7.00. The van der Waals surface area contributed by atoms with Crippen molar-refractivity contribution in [3.63, 3.8) is 0 Å². The Morgan fingerprint density at radius 3 is 2.79 bits per heavy atom. The zero-order valence-corrected chi connectivity index (χ0v) is 23.1. The van der Waals surface area contributed by atoms with Gasteiger partial charge in [-0.05, 0) is 42.8 Å². The molecule has 5 heterocycles. The first-order valence-corrected chi connectivity index (χ1v) is 13.5. The molecule has 218 valence electrons. The second kappa shape index (κ2) is 12.1. The lowest BCUT2D eigenvalue weighted by atomic mass is 10.0. The van der Waals surface area contributed by atoms with Crippen molar-refractivity contribution >= 4 is 11.8 Å². The van der Waals surface area contributed by atoms with Crippen LogP contribution < -0.4 is 20.1 Å². The Morgan fingerprint density at radius 1 is 1.14 bits per heavy atom. The Balaban J connectivity index is 1.29. The van der Waals surface area contributed by atoms with Gasteiger partial charge in [0.1, 0.15) is 25.1 Å². The van der Waals surface area contributed by atoms with Crippen molar-refractivity contribution in [2.75, 3.05) is 45.3 Å². The topological polar surface area (TPSA) is 125 Å². The number of nitrogens with one attached hydrogen (secondary N) is 2. The number of pyridine rings is 2. The monoisotopic (exact) mass is 575 g/mol. The Labute approximate surface area is 241 Å². The van der Waals surface area contributed by atoms with E-state index in [0.717, 1.165) is 11.3 Å². The predicted octanol–water partition coefficient (Wildman–Crippen LogP) is 3.67. The molecule has 13 heteroatoms. The number of benzene rings is 1. The van der Waals surface area contributed by atoms with Crippen LogP contribution in [0.25, 0.3) is 16.9 Å². The number of methoxy groups -OCH3 is 1. The van der Waals surface area contributed by atoms with E-state index in [0.29, 0.717) is 67.2 Å². The molecule has 2 aliphatic rings. The predicted molar refractivity (Wildman–Crippen MR) is 150 cm³/mol. The summed E-state index contributed by atoms with van der Waals surface area (Å²) in [7, 11) is 1.60. The quantitative estimate of drug-likeness (QED) is 0.303. The maximum absolute atomic E-state index is 14.0. The fraction of sp³-hybridized carbons (Fsp3) is 0.310. The summed E-state index contributed by atoms with van der Waals surface area (Å²) in [6.07, 6.45) is 2.42. The van der Waals surface area contributed by atoms with Gasteiger partial charge in [-0.15, -0.1) is 0 Å². The molecule has 0 radical (unpaired) electrons. The number of amides is 2.